The summed E-state index contributed by atoms with van der Waals surface area (Å²) in [4.78, 5) is 24.8. The van der Waals surface area contributed by atoms with E-state index in [4.69, 9.17) is 4.42 Å². The Balaban J connectivity index is 1.51. The van der Waals surface area contributed by atoms with Crippen molar-refractivity contribution in [3.63, 3.8) is 0 Å². The summed E-state index contributed by atoms with van der Waals surface area (Å²) in [6.45, 7) is 5.84. The molecule has 2 heterocycles. The molecule has 0 aliphatic rings. The van der Waals surface area contributed by atoms with Crippen molar-refractivity contribution in [2.45, 2.75) is 38.1 Å². The summed E-state index contributed by atoms with van der Waals surface area (Å²) in [5.41, 5.74) is 5.42. The normalized spacial score (nSPS) is 11.0. The highest BCUT2D eigenvalue weighted by molar-refractivity contribution is 7.98. The van der Waals surface area contributed by atoms with Gasteiger partial charge < -0.3 is 9.40 Å². The molecule has 0 amide bonds. The van der Waals surface area contributed by atoms with Crippen LogP contribution in [0.25, 0.3) is 11.5 Å². The van der Waals surface area contributed by atoms with Crippen LogP contribution in [-0.4, -0.2) is 15.0 Å². The van der Waals surface area contributed by atoms with Gasteiger partial charge in [-0.1, -0.05) is 60.3 Å². The number of benzene rings is 2. The number of aromatic amines is 1. The third-order valence-corrected chi connectivity index (χ3v) is 5.92. The van der Waals surface area contributed by atoms with Crippen molar-refractivity contribution < 1.29 is 4.42 Å². The Bertz CT molecular complexity index is 1230. The second-order valence-corrected chi connectivity index (χ2v) is 8.19. The van der Waals surface area contributed by atoms with Crippen molar-refractivity contribution in [1.82, 2.24) is 15.0 Å². The molecule has 0 bridgehead atoms. The summed E-state index contributed by atoms with van der Waals surface area (Å²) in [5.74, 6) is 1.97. The lowest BCUT2D eigenvalue weighted by molar-refractivity contribution is 0.540. The average Bonchev–Trinajstić information content (AvgIpc) is 3.10. The highest BCUT2D eigenvalue weighted by Gasteiger charge is 2.15. The van der Waals surface area contributed by atoms with Crippen molar-refractivity contribution in [2.24, 2.45) is 0 Å². The first-order valence-corrected chi connectivity index (χ1v) is 10.8. The van der Waals surface area contributed by atoms with Gasteiger partial charge in [-0.15, -0.1) is 0 Å². The maximum Gasteiger partial charge on any atom is 0.255 e. The maximum atomic E-state index is 12.6. The zero-order chi connectivity index (χ0) is 21.1. The van der Waals surface area contributed by atoms with Gasteiger partial charge in [-0.05, 0) is 38.0 Å². The number of thioether (sulfide) groups is 1. The minimum Gasteiger partial charge on any atom is -0.441 e. The Kier molecular flexibility index (Phi) is 5.86. The number of aromatic nitrogens is 3. The molecule has 5 nitrogen and oxygen atoms in total. The number of rotatable bonds is 6. The first-order chi connectivity index (χ1) is 14.5. The van der Waals surface area contributed by atoms with E-state index in [0.29, 0.717) is 28.8 Å². The lowest BCUT2D eigenvalue weighted by Crippen LogP contribution is -2.17. The van der Waals surface area contributed by atoms with Crippen LogP contribution in [0.2, 0.25) is 0 Å². The van der Waals surface area contributed by atoms with Gasteiger partial charge in [-0.25, -0.2) is 9.97 Å². The van der Waals surface area contributed by atoms with Gasteiger partial charge in [-0.2, -0.15) is 0 Å². The zero-order valence-electron chi connectivity index (χ0n) is 17.2. The summed E-state index contributed by atoms with van der Waals surface area (Å²) < 4.78 is 5.89. The molecule has 4 rings (SSSR count). The highest BCUT2D eigenvalue weighted by Crippen LogP contribution is 2.28. The van der Waals surface area contributed by atoms with Crippen LogP contribution in [0.3, 0.4) is 0 Å². The predicted octanol–water partition coefficient (Wildman–Crippen LogP) is 5.23. The summed E-state index contributed by atoms with van der Waals surface area (Å²) >= 11 is 1.45. The molecule has 152 valence electrons. The van der Waals surface area contributed by atoms with Gasteiger partial charge in [0.2, 0.25) is 5.89 Å². The van der Waals surface area contributed by atoms with Crippen molar-refractivity contribution in [2.75, 3.05) is 0 Å². The van der Waals surface area contributed by atoms with Crippen LogP contribution in [0.4, 0.5) is 0 Å². The molecule has 0 aliphatic heterocycles. The molecule has 0 fully saturated rings. The third kappa shape index (κ3) is 4.39. The van der Waals surface area contributed by atoms with E-state index in [1.807, 2.05) is 75.4 Å². The van der Waals surface area contributed by atoms with Crippen LogP contribution >= 0.6 is 11.8 Å². The zero-order valence-corrected chi connectivity index (χ0v) is 18.0. The smallest absolute Gasteiger partial charge is 0.255 e. The summed E-state index contributed by atoms with van der Waals surface area (Å²) in [6.07, 6.45) is 0.572. The number of H-pyrrole nitrogens is 1. The topological polar surface area (TPSA) is 71.8 Å². The van der Waals surface area contributed by atoms with Crippen LogP contribution in [0.1, 0.15) is 33.8 Å². The minimum absolute atomic E-state index is 0.0914. The van der Waals surface area contributed by atoms with Gasteiger partial charge in [0.05, 0.1) is 5.69 Å². The number of aryl methyl sites for hydroxylation is 3. The summed E-state index contributed by atoms with van der Waals surface area (Å²) in [6, 6.07) is 18.0. The molecule has 4 aromatic rings. The molecule has 0 spiro atoms. The minimum atomic E-state index is -0.0914. The fraction of sp³-hybridized carbons (Fsp3) is 0.208. The second kappa shape index (κ2) is 8.71. The molecule has 0 radical (unpaired) electrons. The first-order valence-electron chi connectivity index (χ1n) is 9.80. The van der Waals surface area contributed by atoms with Gasteiger partial charge in [0.25, 0.3) is 5.56 Å². The van der Waals surface area contributed by atoms with E-state index in [1.54, 1.807) is 0 Å². The standard InChI is InChI=1S/C24H23N3O2S/c1-15-9-7-8-12-19(15)23-26-21(17(3)29-23)14-30-24-25-16(2)20(22(28)27-24)13-18-10-5-4-6-11-18/h4-12H,13-14H2,1-3H3,(H,25,27,28). The third-order valence-electron chi connectivity index (χ3n) is 5.04. The Morgan fingerprint density at radius 2 is 1.70 bits per heavy atom. The predicted molar refractivity (Wildman–Crippen MR) is 120 cm³/mol. The fourth-order valence-corrected chi connectivity index (χ4v) is 4.20. The van der Waals surface area contributed by atoms with Crippen LogP contribution in [0.15, 0.2) is 69.0 Å². The molecule has 2 aromatic heterocycles. The fourth-order valence-electron chi connectivity index (χ4n) is 3.29. The quantitative estimate of drug-likeness (QED) is 0.343. The monoisotopic (exact) mass is 417 g/mol. The first kappa shape index (κ1) is 20.2. The molecular formula is C24H23N3O2S. The van der Waals surface area contributed by atoms with Crippen molar-refractivity contribution in [3.8, 4) is 11.5 Å². The number of nitrogens with zero attached hydrogens (tertiary/aromatic N) is 2. The SMILES string of the molecule is Cc1ccccc1-c1nc(CSc2nc(C)c(Cc3ccccc3)c(=O)[nH]2)c(C)o1. The van der Waals surface area contributed by atoms with E-state index in [1.165, 1.54) is 11.8 Å². The number of hydrogen-bond acceptors (Lipinski definition) is 5. The molecule has 6 heteroatoms. The summed E-state index contributed by atoms with van der Waals surface area (Å²) in [7, 11) is 0. The van der Waals surface area contributed by atoms with Crippen LogP contribution < -0.4 is 5.56 Å². The molecule has 2 aromatic carbocycles. The molecule has 0 saturated heterocycles. The van der Waals surface area contributed by atoms with E-state index in [0.717, 1.165) is 33.8 Å². The number of oxazole rings is 1. The van der Waals surface area contributed by atoms with E-state index in [9.17, 15) is 4.79 Å². The van der Waals surface area contributed by atoms with E-state index < -0.39 is 0 Å². The Morgan fingerprint density at radius 1 is 0.967 bits per heavy atom. The Labute approximate surface area is 179 Å². The number of hydrogen-bond donors (Lipinski definition) is 1. The highest BCUT2D eigenvalue weighted by atomic mass is 32.2. The molecule has 0 unspecified atom stereocenters. The van der Waals surface area contributed by atoms with Gasteiger partial charge in [0.1, 0.15) is 5.76 Å². The van der Waals surface area contributed by atoms with Gasteiger partial charge >= 0.3 is 0 Å². The Hall–Kier alpha value is -3.12. The number of nitrogens with one attached hydrogen (secondary N) is 1. The molecule has 0 saturated carbocycles. The van der Waals surface area contributed by atoms with Crippen molar-refractivity contribution >= 4 is 11.8 Å². The lowest BCUT2D eigenvalue weighted by Gasteiger charge is -2.07. The average molecular weight is 418 g/mol. The molecular weight excluding hydrogens is 394 g/mol. The van der Waals surface area contributed by atoms with E-state index in [-0.39, 0.29) is 5.56 Å². The molecule has 0 atom stereocenters. The van der Waals surface area contributed by atoms with Crippen molar-refractivity contribution in [3.05, 3.63) is 98.8 Å². The maximum absolute atomic E-state index is 12.6. The molecule has 30 heavy (non-hydrogen) atoms. The van der Waals surface area contributed by atoms with Gasteiger partial charge in [0, 0.05) is 29.0 Å². The van der Waals surface area contributed by atoms with Crippen LogP contribution in [0, 0.1) is 20.8 Å². The van der Waals surface area contributed by atoms with E-state index >= 15 is 0 Å². The van der Waals surface area contributed by atoms with Crippen LogP contribution in [-0.2, 0) is 12.2 Å². The van der Waals surface area contributed by atoms with Crippen molar-refractivity contribution in [1.29, 1.82) is 0 Å². The largest absolute Gasteiger partial charge is 0.441 e. The van der Waals surface area contributed by atoms with Gasteiger partial charge in [0.15, 0.2) is 5.16 Å². The summed E-state index contributed by atoms with van der Waals surface area (Å²) in [5, 5.41) is 0.592. The lowest BCUT2D eigenvalue weighted by atomic mass is 10.1. The molecule has 0 aliphatic carbocycles. The van der Waals surface area contributed by atoms with E-state index in [2.05, 4.69) is 15.0 Å². The molecule has 1 N–H and O–H groups in total. The Morgan fingerprint density at radius 3 is 2.43 bits per heavy atom. The second-order valence-electron chi connectivity index (χ2n) is 7.22. The van der Waals surface area contributed by atoms with Crippen LogP contribution in [0.5, 0.6) is 0 Å². The van der Waals surface area contributed by atoms with Gasteiger partial charge in [-0.3, -0.25) is 4.79 Å².